The summed E-state index contributed by atoms with van der Waals surface area (Å²) in [7, 11) is 0. The van der Waals surface area contributed by atoms with Gasteiger partial charge in [0.15, 0.2) is 17.4 Å². The van der Waals surface area contributed by atoms with Crippen molar-refractivity contribution in [3.63, 3.8) is 0 Å². The first kappa shape index (κ1) is 50.6. The molecule has 0 bridgehead atoms. The number of ether oxygens (including phenoxy) is 2. The predicted octanol–water partition coefficient (Wildman–Crippen LogP) is 7.57. The molecule has 340 valence electrons. The monoisotopic (exact) mass is 834 g/mol. The van der Waals surface area contributed by atoms with Crippen LogP contribution in [0.1, 0.15) is 188 Å². The predicted molar refractivity (Wildman–Crippen MR) is 238 cm³/mol. The molecule has 1 fully saturated rings. The Labute approximate surface area is 354 Å². The Hall–Kier alpha value is -2.78. The molecule has 2 unspecified atom stereocenters. The third-order valence-electron chi connectivity index (χ3n) is 12.0. The minimum atomic E-state index is -1.53. The number of aromatic nitrogens is 4. The van der Waals surface area contributed by atoms with Gasteiger partial charge in [-0.15, -0.1) is 0 Å². The Bertz CT molecular complexity index is 1490. The zero-order valence-corrected chi connectivity index (χ0v) is 37.2. The van der Waals surface area contributed by atoms with Gasteiger partial charge in [-0.1, -0.05) is 143 Å². The molecule has 14 heteroatoms. The lowest BCUT2D eigenvalue weighted by Gasteiger charge is -2.25. The number of H-pyrrole nitrogens is 2. The van der Waals surface area contributed by atoms with Gasteiger partial charge in [0.05, 0.1) is 0 Å². The zero-order valence-electron chi connectivity index (χ0n) is 37.2. The summed E-state index contributed by atoms with van der Waals surface area (Å²) in [4.78, 5) is 51.3. The van der Waals surface area contributed by atoms with Crippen LogP contribution >= 0.6 is 0 Å². The molecule has 0 spiro atoms. The van der Waals surface area contributed by atoms with E-state index < -0.39 is 41.8 Å². The highest BCUT2D eigenvalue weighted by Crippen LogP contribution is 2.30. The Balaban J connectivity index is 1.31. The summed E-state index contributed by atoms with van der Waals surface area (Å²) < 4.78 is 12.1. The Kier molecular flexibility index (Phi) is 26.0. The Morgan fingerprint density at radius 3 is 1.69 bits per heavy atom. The van der Waals surface area contributed by atoms with Crippen molar-refractivity contribution in [2.45, 2.75) is 206 Å². The molecule has 4 atom stereocenters. The molecule has 2 aromatic rings. The molecule has 2 aromatic heterocycles. The van der Waals surface area contributed by atoms with Crippen molar-refractivity contribution >= 4 is 23.1 Å². The van der Waals surface area contributed by atoms with Crippen molar-refractivity contribution in [2.24, 2.45) is 0 Å². The van der Waals surface area contributed by atoms with Gasteiger partial charge in [-0.3, -0.25) is 19.6 Å². The van der Waals surface area contributed by atoms with E-state index in [1.807, 2.05) is 0 Å². The summed E-state index contributed by atoms with van der Waals surface area (Å²) >= 11 is 0. The normalized spacial score (nSPS) is 18.2. The van der Waals surface area contributed by atoms with Crippen LogP contribution in [0.4, 0.5) is 5.95 Å². The molecule has 6 N–H and O–H groups in total. The minimum Gasteiger partial charge on any atom is -0.463 e. The van der Waals surface area contributed by atoms with Crippen LogP contribution in [0.5, 0.6) is 0 Å². The highest BCUT2D eigenvalue weighted by Gasteiger charge is 2.45. The first-order valence-corrected chi connectivity index (χ1v) is 23.8. The van der Waals surface area contributed by atoms with Gasteiger partial charge in [0.25, 0.3) is 5.56 Å². The number of nitrogens with zero attached hydrogens (tertiary/aromatic N) is 4. The number of nitrogens with one attached hydrogen (secondary N) is 2. The van der Waals surface area contributed by atoms with E-state index in [-0.39, 0.29) is 30.1 Å². The number of unbranched alkanes of at least 4 members (excludes halogenated alkanes) is 20. The average Bonchev–Trinajstić information content (AvgIpc) is 3.70. The van der Waals surface area contributed by atoms with E-state index in [4.69, 9.17) is 15.2 Å². The van der Waals surface area contributed by atoms with Crippen LogP contribution < -0.4 is 17.0 Å². The number of carbonyl (C=O) groups is 1. The molecule has 3 heterocycles. The number of aromatic amines is 2. The van der Waals surface area contributed by atoms with Crippen LogP contribution in [-0.4, -0.2) is 110 Å². The van der Waals surface area contributed by atoms with Crippen molar-refractivity contribution in [1.82, 2.24) is 29.3 Å². The number of rotatable bonds is 36. The number of fused-ring (bicyclic) bond motifs is 1. The minimum absolute atomic E-state index is 0.118. The van der Waals surface area contributed by atoms with Gasteiger partial charge in [0, 0.05) is 6.42 Å². The van der Waals surface area contributed by atoms with Crippen molar-refractivity contribution in [3.05, 3.63) is 20.8 Å². The number of nitrogens with two attached hydrogens (primary N) is 1. The maximum atomic E-state index is 12.6. The number of hydrogen-bond donors (Lipinski definition) is 5. The maximum absolute atomic E-state index is 12.6. The molecule has 1 saturated heterocycles. The van der Waals surface area contributed by atoms with Gasteiger partial charge in [0.2, 0.25) is 5.95 Å². The van der Waals surface area contributed by atoms with Gasteiger partial charge >= 0.3 is 11.7 Å². The number of carbonyl (C=O) groups excluding carboxylic acids is 1. The molecule has 0 saturated carbocycles. The molecule has 0 amide bonds. The van der Waals surface area contributed by atoms with Crippen molar-refractivity contribution in [2.75, 3.05) is 51.6 Å². The van der Waals surface area contributed by atoms with E-state index >= 15 is 0 Å². The highest BCUT2D eigenvalue weighted by atomic mass is 16.6. The van der Waals surface area contributed by atoms with Crippen LogP contribution in [0.25, 0.3) is 11.2 Å². The van der Waals surface area contributed by atoms with E-state index in [0.29, 0.717) is 6.42 Å². The lowest BCUT2D eigenvalue weighted by atomic mass is 10.1. The summed E-state index contributed by atoms with van der Waals surface area (Å²) in [5, 5.41) is 21.3. The summed E-state index contributed by atoms with van der Waals surface area (Å²) in [5.41, 5.74) is 3.97. The molecule has 1 aliphatic heterocycles. The summed E-state index contributed by atoms with van der Waals surface area (Å²) in [6.45, 7) is 13.2. The number of hydrogen-bond acceptors (Lipinski definition) is 11. The fourth-order valence-electron chi connectivity index (χ4n) is 8.30. The largest absolute Gasteiger partial charge is 0.463 e. The van der Waals surface area contributed by atoms with E-state index in [0.717, 1.165) is 43.6 Å². The fraction of sp³-hybridized carbons (Fsp3) is 0.867. The van der Waals surface area contributed by atoms with Gasteiger partial charge in [-0.2, -0.15) is 4.98 Å². The smallest absolute Gasteiger partial charge is 0.330 e. The first-order valence-electron chi connectivity index (χ1n) is 23.8. The van der Waals surface area contributed by atoms with E-state index in [1.165, 1.54) is 148 Å². The van der Waals surface area contributed by atoms with Crippen molar-refractivity contribution < 1.29 is 24.5 Å². The Morgan fingerprint density at radius 2 is 1.15 bits per heavy atom. The third kappa shape index (κ3) is 19.2. The first-order chi connectivity index (χ1) is 28.7. The standard InChI is InChI=1S/C45H83N7O7/c1-4-7-9-11-13-15-17-19-21-25-31-51(32-26-22-20-18-16-14-12-10-8-5-2)34-28-33-50(6-3)30-27-23-24-29-37(53)58-35-36-39(54)40(55)43(59-36)52-41-38(47-45(52)57)42(56)49-44(46)48-41/h36,39-40,43,54-55H,4-35H2,1-3H3,(H,47,57)(H3,46,48,49,56)/t36-,39?,40?,43-/m0/s1. The second-order valence-corrected chi connectivity index (χ2v) is 17.0. The second-order valence-electron chi connectivity index (χ2n) is 17.0. The van der Waals surface area contributed by atoms with Crippen molar-refractivity contribution in [3.8, 4) is 0 Å². The number of anilines is 1. The van der Waals surface area contributed by atoms with E-state index in [1.54, 1.807) is 0 Å². The molecular formula is C45H83N7O7. The average molecular weight is 834 g/mol. The fourth-order valence-corrected chi connectivity index (χ4v) is 8.30. The molecule has 0 aliphatic carbocycles. The van der Waals surface area contributed by atoms with Crippen LogP contribution in [0, 0.1) is 0 Å². The van der Waals surface area contributed by atoms with Crippen LogP contribution in [0.15, 0.2) is 9.59 Å². The van der Waals surface area contributed by atoms with Gasteiger partial charge < -0.3 is 35.2 Å². The molecule has 1 aliphatic rings. The molecular weight excluding hydrogens is 751 g/mol. The van der Waals surface area contributed by atoms with Crippen molar-refractivity contribution in [1.29, 1.82) is 0 Å². The Morgan fingerprint density at radius 1 is 0.678 bits per heavy atom. The second kappa shape index (κ2) is 30.3. The zero-order chi connectivity index (χ0) is 42.7. The summed E-state index contributed by atoms with van der Waals surface area (Å²) in [6.07, 6.45) is 26.1. The topological polar surface area (TPSA) is 192 Å². The lowest BCUT2D eigenvalue weighted by Crippen LogP contribution is -2.35. The number of nitrogen functional groups attached to an aromatic ring is 1. The van der Waals surface area contributed by atoms with E-state index in [9.17, 15) is 24.6 Å². The van der Waals surface area contributed by atoms with E-state index in [2.05, 4.69) is 45.5 Å². The lowest BCUT2D eigenvalue weighted by molar-refractivity contribution is -0.150. The quantitative estimate of drug-likeness (QED) is 0.0336. The molecule has 14 nitrogen and oxygen atoms in total. The van der Waals surface area contributed by atoms with Crippen LogP contribution in [0.3, 0.4) is 0 Å². The molecule has 59 heavy (non-hydrogen) atoms. The summed E-state index contributed by atoms with van der Waals surface area (Å²) in [6, 6.07) is 0. The number of esters is 1. The number of aliphatic hydroxyl groups is 2. The molecule has 0 aromatic carbocycles. The maximum Gasteiger partial charge on any atom is 0.330 e. The van der Waals surface area contributed by atoms with Gasteiger partial charge in [-0.05, 0) is 71.4 Å². The number of imidazole rings is 1. The SMILES string of the molecule is CCCCCCCCCCCCN(CCCCCCCCCCCC)CCCN(CC)CCCCCC(=O)OC[C@@H]1O[C@H](n2c(=O)[nH]c3c(=O)[nH]c(N)nc32)C(O)C1O. The summed E-state index contributed by atoms with van der Waals surface area (Å²) in [5.74, 6) is -0.635. The number of aliphatic hydroxyl groups excluding tert-OH is 2. The molecule has 3 rings (SSSR count). The van der Waals surface area contributed by atoms with Crippen LogP contribution in [0.2, 0.25) is 0 Å². The third-order valence-corrected chi connectivity index (χ3v) is 12.0. The van der Waals surface area contributed by atoms with Gasteiger partial charge in [0.1, 0.15) is 24.9 Å². The van der Waals surface area contributed by atoms with Crippen LogP contribution in [-0.2, 0) is 14.3 Å². The molecule has 0 radical (unpaired) electrons. The van der Waals surface area contributed by atoms with Gasteiger partial charge in [-0.25, -0.2) is 9.36 Å². The highest BCUT2D eigenvalue weighted by molar-refractivity contribution is 5.70.